The summed E-state index contributed by atoms with van der Waals surface area (Å²) in [4.78, 5) is 37.7. The lowest BCUT2D eigenvalue weighted by Gasteiger charge is -2.23. The Morgan fingerprint density at radius 2 is 2.00 bits per heavy atom. The van der Waals surface area contributed by atoms with Crippen LogP contribution in [0.3, 0.4) is 0 Å². The van der Waals surface area contributed by atoms with E-state index >= 15 is 0 Å². The molecule has 0 bridgehead atoms. The van der Waals surface area contributed by atoms with E-state index in [1.807, 2.05) is 4.90 Å². The quantitative estimate of drug-likeness (QED) is 0.851. The van der Waals surface area contributed by atoms with Gasteiger partial charge in [0.25, 0.3) is 0 Å². The Hall–Kier alpha value is -2.57. The van der Waals surface area contributed by atoms with Crippen molar-refractivity contribution in [2.75, 3.05) is 19.0 Å². The van der Waals surface area contributed by atoms with Gasteiger partial charge < -0.3 is 20.1 Å². The molecule has 1 saturated heterocycles. The van der Waals surface area contributed by atoms with E-state index in [0.717, 1.165) is 25.7 Å². The Labute approximate surface area is 146 Å². The summed E-state index contributed by atoms with van der Waals surface area (Å²) < 4.78 is 5.06. The van der Waals surface area contributed by atoms with Crippen LogP contribution in [0.5, 0.6) is 5.75 Å². The molecule has 2 N–H and O–H groups in total. The number of likely N-dealkylation sites (tertiary alicyclic amines) is 1. The monoisotopic (exact) mass is 346 g/mol. The van der Waals surface area contributed by atoms with E-state index < -0.39 is 5.97 Å². The van der Waals surface area contributed by atoms with E-state index in [9.17, 15) is 14.4 Å². The summed E-state index contributed by atoms with van der Waals surface area (Å²) in [6.07, 6.45) is 4.55. The van der Waals surface area contributed by atoms with Crippen molar-refractivity contribution < 1.29 is 24.2 Å². The zero-order valence-corrected chi connectivity index (χ0v) is 14.2. The van der Waals surface area contributed by atoms with Gasteiger partial charge >= 0.3 is 5.97 Å². The van der Waals surface area contributed by atoms with Crippen LogP contribution in [0.4, 0.5) is 5.69 Å². The molecular weight excluding hydrogens is 324 g/mol. The largest absolute Gasteiger partial charge is 0.496 e. The van der Waals surface area contributed by atoms with Gasteiger partial charge in [0, 0.05) is 30.8 Å². The first-order valence-electron chi connectivity index (χ1n) is 8.51. The topological polar surface area (TPSA) is 95.9 Å². The normalized spacial score (nSPS) is 20.8. The van der Waals surface area contributed by atoms with Gasteiger partial charge in [-0.3, -0.25) is 9.59 Å². The van der Waals surface area contributed by atoms with Crippen LogP contribution in [0.15, 0.2) is 18.2 Å². The van der Waals surface area contributed by atoms with E-state index in [1.165, 1.54) is 25.3 Å². The van der Waals surface area contributed by atoms with Crippen molar-refractivity contribution >= 4 is 23.5 Å². The van der Waals surface area contributed by atoms with Crippen molar-refractivity contribution in [1.29, 1.82) is 0 Å². The summed E-state index contributed by atoms with van der Waals surface area (Å²) in [6.45, 7) is 0.458. The number of carbonyl (C=O) groups is 3. The van der Waals surface area contributed by atoms with E-state index in [1.54, 1.807) is 0 Å². The van der Waals surface area contributed by atoms with Crippen molar-refractivity contribution in [2.24, 2.45) is 5.92 Å². The zero-order valence-electron chi connectivity index (χ0n) is 14.2. The van der Waals surface area contributed by atoms with Gasteiger partial charge in [-0.25, -0.2) is 4.79 Å². The lowest BCUT2D eigenvalue weighted by molar-refractivity contribution is -0.129. The number of nitrogens with zero attached hydrogens (tertiary/aromatic N) is 1. The molecule has 7 nitrogen and oxygen atoms in total. The Morgan fingerprint density at radius 1 is 1.28 bits per heavy atom. The van der Waals surface area contributed by atoms with Gasteiger partial charge in [0.2, 0.25) is 11.8 Å². The summed E-state index contributed by atoms with van der Waals surface area (Å²) in [6, 6.07) is 4.67. The lowest BCUT2D eigenvalue weighted by Crippen LogP contribution is -2.35. The molecule has 1 atom stereocenters. The molecule has 1 aromatic carbocycles. The van der Waals surface area contributed by atoms with Gasteiger partial charge in [-0.1, -0.05) is 12.8 Å². The van der Waals surface area contributed by atoms with E-state index in [0.29, 0.717) is 12.2 Å². The molecule has 1 aromatic rings. The molecular formula is C18H22N2O5. The fraction of sp³-hybridized carbons (Fsp3) is 0.500. The van der Waals surface area contributed by atoms with Gasteiger partial charge in [-0.05, 0) is 25.0 Å². The average Bonchev–Trinajstić information content (AvgIpc) is 3.23. The minimum absolute atomic E-state index is 0.0314. The number of hydrogen-bond donors (Lipinski definition) is 2. The second-order valence-corrected chi connectivity index (χ2v) is 6.59. The summed E-state index contributed by atoms with van der Waals surface area (Å²) in [7, 11) is 1.38. The minimum atomic E-state index is -1.09. The molecule has 1 heterocycles. The third-order valence-corrected chi connectivity index (χ3v) is 4.99. The maximum Gasteiger partial charge on any atom is 0.339 e. The fourth-order valence-corrected chi connectivity index (χ4v) is 3.67. The number of carbonyl (C=O) groups excluding carboxylic acids is 2. The van der Waals surface area contributed by atoms with Gasteiger partial charge in [0.05, 0.1) is 13.0 Å². The molecule has 1 aliphatic heterocycles. The first-order valence-corrected chi connectivity index (χ1v) is 8.51. The van der Waals surface area contributed by atoms with Gasteiger partial charge in [0.1, 0.15) is 11.3 Å². The number of carboxylic acids is 1. The fourth-order valence-electron chi connectivity index (χ4n) is 3.67. The maximum atomic E-state index is 12.5. The minimum Gasteiger partial charge on any atom is -0.496 e. The van der Waals surface area contributed by atoms with Crippen LogP contribution < -0.4 is 10.1 Å². The zero-order chi connectivity index (χ0) is 18.0. The van der Waals surface area contributed by atoms with Crippen molar-refractivity contribution in [3.63, 3.8) is 0 Å². The molecule has 0 radical (unpaired) electrons. The second kappa shape index (κ2) is 7.13. The molecule has 1 aliphatic carbocycles. The Morgan fingerprint density at radius 3 is 2.64 bits per heavy atom. The number of anilines is 1. The van der Waals surface area contributed by atoms with Crippen LogP contribution in [0, 0.1) is 5.92 Å². The molecule has 0 spiro atoms. The molecule has 2 fully saturated rings. The second-order valence-electron chi connectivity index (χ2n) is 6.59. The van der Waals surface area contributed by atoms with Crippen molar-refractivity contribution in [2.45, 2.75) is 38.1 Å². The SMILES string of the molecule is COc1cc(NC(=O)[C@@H]2CC(=O)N(C3CCCC3)C2)ccc1C(=O)O. The highest BCUT2D eigenvalue weighted by Gasteiger charge is 2.38. The molecule has 25 heavy (non-hydrogen) atoms. The number of ether oxygens (including phenoxy) is 1. The third-order valence-electron chi connectivity index (χ3n) is 4.99. The van der Waals surface area contributed by atoms with Gasteiger partial charge in [-0.2, -0.15) is 0 Å². The van der Waals surface area contributed by atoms with Gasteiger partial charge in [-0.15, -0.1) is 0 Å². The first kappa shape index (κ1) is 17.3. The number of rotatable bonds is 5. The molecule has 0 unspecified atom stereocenters. The Balaban J connectivity index is 1.66. The molecule has 7 heteroatoms. The average molecular weight is 346 g/mol. The number of amides is 2. The van der Waals surface area contributed by atoms with Crippen LogP contribution in [-0.4, -0.2) is 47.5 Å². The van der Waals surface area contributed by atoms with Crippen molar-refractivity contribution in [3.05, 3.63) is 23.8 Å². The highest BCUT2D eigenvalue weighted by molar-refractivity contribution is 5.98. The highest BCUT2D eigenvalue weighted by atomic mass is 16.5. The molecule has 2 amide bonds. The summed E-state index contributed by atoms with van der Waals surface area (Å²) in [5.74, 6) is -1.47. The summed E-state index contributed by atoms with van der Waals surface area (Å²) in [5.41, 5.74) is 0.488. The highest BCUT2D eigenvalue weighted by Crippen LogP contribution is 2.30. The predicted octanol–water partition coefficient (Wildman–Crippen LogP) is 2.12. The molecule has 0 aromatic heterocycles. The Kier molecular flexibility index (Phi) is 4.92. The Bertz CT molecular complexity index is 697. The molecule has 1 saturated carbocycles. The molecule has 134 valence electrons. The number of nitrogens with one attached hydrogen (secondary N) is 1. The van der Waals surface area contributed by atoms with Crippen LogP contribution in [-0.2, 0) is 9.59 Å². The van der Waals surface area contributed by atoms with Crippen molar-refractivity contribution in [3.8, 4) is 5.75 Å². The summed E-state index contributed by atoms with van der Waals surface area (Å²) >= 11 is 0. The third kappa shape index (κ3) is 3.60. The first-order chi connectivity index (χ1) is 12.0. The van der Waals surface area contributed by atoms with Crippen LogP contribution in [0.25, 0.3) is 0 Å². The smallest absolute Gasteiger partial charge is 0.339 e. The lowest BCUT2D eigenvalue weighted by atomic mass is 10.1. The van der Waals surface area contributed by atoms with Crippen LogP contribution in [0.2, 0.25) is 0 Å². The van der Waals surface area contributed by atoms with Crippen molar-refractivity contribution in [1.82, 2.24) is 4.90 Å². The maximum absolute atomic E-state index is 12.5. The van der Waals surface area contributed by atoms with E-state index in [-0.39, 0.29) is 41.5 Å². The number of hydrogen-bond acceptors (Lipinski definition) is 4. The number of carboxylic acid groups (broad SMARTS) is 1. The summed E-state index contributed by atoms with van der Waals surface area (Å²) in [5, 5.41) is 11.9. The number of aromatic carboxylic acids is 1. The number of benzene rings is 1. The van der Waals surface area contributed by atoms with Gasteiger partial charge in [0.15, 0.2) is 0 Å². The van der Waals surface area contributed by atoms with E-state index in [4.69, 9.17) is 9.84 Å². The van der Waals surface area contributed by atoms with E-state index in [2.05, 4.69) is 5.32 Å². The molecule has 2 aliphatic rings. The standard InChI is InChI=1S/C18H22N2O5/c1-25-15-9-12(6-7-14(15)18(23)24)19-17(22)11-8-16(21)20(10-11)13-4-2-3-5-13/h6-7,9,11,13H,2-5,8,10H2,1H3,(H,19,22)(H,23,24)/t11-/m1/s1. The molecule has 3 rings (SSSR count). The predicted molar refractivity (Wildman–Crippen MR) is 90.7 cm³/mol. The van der Waals surface area contributed by atoms with Crippen LogP contribution in [0.1, 0.15) is 42.5 Å². The number of methoxy groups -OCH3 is 1. The van der Waals surface area contributed by atoms with Crippen LogP contribution >= 0.6 is 0 Å².